The summed E-state index contributed by atoms with van der Waals surface area (Å²) in [6.45, 7) is 3.94. The molecule has 0 saturated carbocycles. The SMILES string of the molecule is CCC(C)C(NC(=O)NCc1ccccc1OC)C(=O)O. The number of amides is 2. The molecule has 2 amide bonds. The van der Waals surface area contributed by atoms with Gasteiger partial charge in [0, 0.05) is 12.1 Å². The van der Waals surface area contributed by atoms with E-state index in [0.717, 1.165) is 5.56 Å². The normalized spacial score (nSPS) is 13.1. The number of nitrogens with one attached hydrogen (secondary N) is 2. The second kappa shape index (κ2) is 8.14. The van der Waals surface area contributed by atoms with E-state index in [9.17, 15) is 9.59 Å². The predicted molar refractivity (Wildman–Crippen MR) is 79.2 cm³/mol. The first-order valence-electron chi connectivity index (χ1n) is 6.88. The van der Waals surface area contributed by atoms with Crippen LogP contribution in [-0.4, -0.2) is 30.3 Å². The molecule has 0 aromatic heterocycles. The van der Waals surface area contributed by atoms with Gasteiger partial charge in [-0.2, -0.15) is 0 Å². The Bertz CT molecular complexity index is 490. The molecule has 21 heavy (non-hydrogen) atoms. The van der Waals surface area contributed by atoms with E-state index in [4.69, 9.17) is 9.84 Å². The Balaban J connectivity index is 2.59. The second-order valence-corrected chi connectivity index (χ2v) is 4.84. The number of carbonyl (C=O) groups excluding carboxylic acids is 1. The first-order valence-corrected chi connectivity index (χ1v) is 6.88. The number of hydrogen-bond donors (Lipinski definition) is 3. The summed E-state index contributed by atoms with van der Waals surface area (Å²) in [7, 11) is 1.56. The molecule has 2 unspecified atom stereocenters. The van der Waals surface area contributed by atoms with Crippen LogP contribution in [0.4, 0.5) is 4.79 Å². The van der Waals surface area contributed by atoms with E-state index < -0.39 is 18.0 Å². The highest BCUT2D eigenvalue weighted by atomic mass is 16.5. The van der Waals surface area contributed by atoms with Gasteiger partial charge in [0.05, 0.1) is 7.11 Å². The number of para-hydroxylation sites is 1. The van der Waals surface area contributed by atoms with E-state index >= 15 is 0 Å². The monoisotopic (exact) mass is 294 g/mol. The number of carboxylic acid groups (broad SMARTS) is 1. The minimum Gasteiger partial charge on any atom is -0.496 e. The average molecular weight is 294 g/mol. The molecule has 1 rings (SSSR count). The van der Waals surface area contributed by atoms with Crippen molar-refractivity contribution in [1.29, 1.82) is 0 Å². The third kappa shape index (κ3) is 4.98. The van der Waals surface area contributed by atoms with Crippen LogP contribution in [-0.2, 0) is 11.3 Å². The van der Waals surface area contributed by atoms with Crippen molar-refractivity contribution in [3.8, 4) is 5.75 Å². The van der Waals surface area contributed by atoms with Crippen molar-refractivity contribution in [1.82, 2.24) is 10.6 Å². The first-order chi connectivity index (χ1) is 9.99. The molecule has 0 aliphatic rings. The number of aliphatic carboxylic acids is 1. The molecule has 0 spiro atoms. The molecule has 1 aromatic carbocycles. The van der Waals surface area contributed by atoms with Crippen LogP contribution in [0.2, 0.25) is 0 Å². The van der Waals surface area contributed by atoms with E-state index in [2.05, 4.69) is 10.6 Å². The lowest BCUT2D eigenvalue weighted by Crippen LogP contribution is -2.48. The summed E-state index contributed by atoms with van der Waals surface area (Å²) < 4.78 is 5.19. The number of benzene rings is 1. The fourth-order valence-corrected chi connectivity index (χ4v) is 1.90. The van der Waals surface area contributed by atoms with Crippen LogP contribution in [0.15, 0.2) is 24.3 Å². The molecule has 6 heteroatoms. The van der Waals surface area contributed by atoms with Gasteiger partial charge in [-0.1, -0.05) is 38.5 Å². The molecule has 6 nitrogen and oxygen atoms in total. The highest BCUT2D eigenvalue weighted by molar-refractivity contribution is 5.82. The summed E-state index contributed by atoms with van der Waals surface area (Å²) in [5.74, 6) is -0.495. The van der Waals surface area contributed by atoms with Crippen LogP contribution in [0.3, 0.4) is 0 Å². The van der Waals surface area contributed by atoms with E-state index in [1.807, 2.05) is 25.1 Å². The Morgan fingerprint density at radius 3 is 2.57 bits per heavy atom. The van der Waals surface area contributed by atoms with Gasteiger partial charge in [-0.15, -0.1) is 0 Å². The Labute approximate surface area is 124 Å². The molecule has 1 aromatic rings. The van der Waals surface area contributed by atoms with Crippen molar-refractivity contribution in [2.24, 2.45) is 5.92 Å². The third-order valence-electron chi connectivity index (χ3n) is 3.40. The quantitative estimate of drug-likeness (QED) is 0.717. The number of carboxylic acids is 1. The molecule has 3 N–H and O–H groups in total. The Morgan fingerprint density at radius 2 is 2.00 bits per heavy atom. The van der Waals surface area contributed by atoms with Crippen LogP contribution in [0, 0.1) is 5.92 Å². The van der Waals surface area contributed by atoms with E-state index in [1.165, 1.54) is 0 Å². The van der Waals surface area contributed by atoms with E-state index in [1.54, 1.807) is 20.1 Å². The van der Waals surface area contributed by atoms with Gasteiger partial charge in [-0.05, 0) is 12.0 Å². The van der Waals surface area contributed by atoms with Crippen molar-refractivity contribution in [3.05, 3.63) is 29.8 Å². The maximum Gasteiger partial charge on any atom is 0.326 e. The van der Waals surface area contributed by atoms with Gasteiger partial charge in [0.1, 0.15) is 11.8 Å². The number of rotatable bonds is 7. The van der Waals surface area contributed by atoms with Crippen molar-refractivity contribution in [3.63, 3.8) is 0 Å². The summed E-state index contributed by atoms with van der Waals surface area (Å²) in [6, 6.07) is 5.92. The zero-order valence-electron chi connectivity index (χ0n) is 12.6. The Morgan fingerprint density at radius 1 is 1.33 bits per heavy atom. The van der Waals surface area contributed by atoms with Gasteiger partial charge in [0.15, 0.2) is 0 Å². The topological polar surface area (TPSA) is 87.7 Å². The van der Waals surface area contributed by atoms with Gasteiger partial charge in [-0.3, -0.25) is 0 Å². The molecule has 0 bridgehead atoms. The van der Waals surface area contributed by atoms with Crippen molar-refractivity contribution < 1.29 is 19.4 Å². The molecule has 2 atom stereocenters. The lowest BCUT2D eigenvalue weighted by atomic mass is 9.99. The average Bonchev–Trinajstić information content (AvgIpc) is 2.49. The van der Waals surface area contributed by atoms with Crippen molar-refractivity contribution >= 4 is 12.0 Å². The number of methoxy groups -OCH3 is 1. The summed E-state index contributed by atoms with van der Waals surface area (Å²) in [6.07, 6.45) is 0.670. The smallest absolute Gasteiger partial charge is 0.326 e. The summed E-state index contributed by atoms with van der Waals surface area (Å²) >= 11 is 0. The summed E-state index contributed by atoms with van der Waals surface area (Å²) in [5, 5.41) is 14.3. The fourth-order valence-electron chi connectivity index (χ4n) is 1.90. The van der Waals surface area contributed by atoms with Crippen LogP contribution in [0.1, 0.15) is 25.8 Å². The predicted octanol–water partition coefficient (Wildman–Crippen LogP) is 1.99. The number of ether oxygens (including phenoxy) is 1. The molecule has 0 aliphatic heterocycles. The summed E-state index contributed by atoms with van der Waals surface area (Å²) in [5.41, 5.74) is 0.825. The van der Waals surface area contributed by atoms with Crippen LogP contribution < -0.4 is 15.4 Å². The van der Waals surface area contributed by atoms with Crippen LogP contribution >= 0.6 is 0 Å². The first kappa shape index (κ1) is 16.8. The standard InChI is InChI=1S/C15H22N2O4/c1-4-10(2)13(14(18)19)17-15(20)16-9-11-7-5-6-8-12(11)21-3/h5-8,10,13H,4,9H2,1-3H3,(H,18,19)(H2,16,17,20). The number of urea groups is 1. The molecular formula is C15H22N2O4. The van der Waals surface area contributed by atoms with Crippen LogP contribution in [0.5, 0.6) is 5.75 Å². The molecule has 0 aliphatic carbocycles. The van der Waals surface area contributed by atoms with E-state index in [-0.39, 0.29) is 12.5 Å². The molecule has 0 saturated heterocycles. The third-order valence-corrected chi connectivity index (χ3v) is 3.40. The van der Waals surface area contributed by atoms with Gasteiger partial charge in [-0.25, -0.2) is 9.59 Å². The van der Waals surface area contributed by atoms with E-state index in [0.29, 0.717) is 12.2 Å². The molecule has 0 fully saturated rings. The van der Waals surface area contributed by atoms with Gasteiger partial charge >= 0.3 is 12.0 Å². The molecule has 116 valence electrons. The highest BCUT2D eigenvalue weighted by Gasteiger charge is 2.25. The molecule has 0 radical (unpaired) electrons. The zero-order valence-corrected chi connectivity index (χ0v) is 12.6. The largest absolute Gasteiger partial charge is 0.496 e. The maximum absolute atomic E-state index is 11.8. The van der Waals surface area contributed by atoms with Crippen molar-refractivity contribution in [2.45, 2.75) is 32.9 Å². The minimum atomic E-state index is -1.03. The molecular weight excluding hydrogens is 272 g/mol. The van der Waals surface area contributed by atoms with Gasteiger partial charge in [0.25, 0.3) is 0 Å². The Hall–Kier alpha value is -2.24. The Kier molecular flexibility index (Phi) is 6.52. The van der Waals surface area contributed by atoms with Gasteiger partial charge < -0.3 is 20.5 Å². The zero-order chi connectivity index (χ0) is 15.8. The van der Waals surface area contributed by atoms with Crippen LogP contribution in [0.25, 0.3) is 0 Å². The molecule has 0 heterocycles. The lowest BCUT2D eigenvalue weighted by Gasteiger charge is -2.20. The minimum absolute atomic E-state index is 0.139. The fraction of sp³-hybridized carbons (Fsp3) is 0.467. The van der Waals surface area contributed by atoms with Crippen molar-refractivity contribution in [2.75, 3.05) is 7.11 Å². The lowest BCUT2D eigenvalue weighted by molar-refractivity contribution is -0.140. The summed E-state index contributed by atoms with van der Waals surface area (Å²) in [4.78, 5) is 23.0. The second-order valence-electron chi connectivity index (χ2n) is 4.84. The number of carbonyl (C=O) groups is 2. The van der Waals surface area contributed by atoms with Gasteiger partial charge in [0.2, 0.25) is 0 Å². The highest BCUT2D eigenvalue weighted by Crippen LogP contribution is 2.16. The number of hydrogen-bond acceptors (Lipinski definition) is 3. The maximum atomic E-state index is 11.8.